The first-order chi connectivity index (χ1) is 6.96. The van der Waals surface area contributed by atoms with Crippen molar-refractivity contribution in [1.29, 1.82) is 0 Å². The molecule has 2 aliphatic rings. The average Bonchev–Trinajstić information content (AvgIpc) is 2.87. The minimum atomic E-state index is -2.83. The maximum absolute atomic E-state index is 11.0. The SMILES string of the molecule is CS(=O)(=O)CCN1C[C@H](C2CC2)[C@@H](N)C1. The van der Waals surface area contributed by atoms with Crippen molar-refractivity contribution < 1.29 is 8.42 Å². The lowest BCUT2D eigenvalue weighted by molar-refractivity contribution is 0.334. The Bertz CT molecular complexity index is 324. The van der Waals surface area contributed by atoms with E-state index in [1.807, 2.05) is 0 Å². The highest BCUT2D eigenvalue weighted by Gasteiger charge is 2.40. The summed E-state index contributed by atoms with van der Waals surface area (Å²) in [6.07, 6.45) is 3.93. The highest BCUT2D eigenvalue weighted by Crippen LogP contribution is 2.40. The van der Waals surface area contributed by atoms with Crippen molar-refractivity contribution in [2.24, 2.45) is 17.6 Å². The molecule has 2 fully saturated rings. The van der Waals surface area contributed by atoms with Gasteiger partial charge in [0.1, 0.15) is 9.84 Å². The smallest absolute Gasteiger partial charge is 0.148 e. The molecule has 2 atom stereocenters. The second kappa shape index (κ2) is 4.03. The van der Waals surface area contributed by atoms with Crippen molar-refractivity contribution in [2.45, 2.75) is 18.9 Å². The molecule has 0 radical (unpaired) electrons. The fourth-order valence-electron chi connectivity index (χ4n) is 2.44. The number of nitrogens with two attached hydrogens (primary N) is 1. The van der Waals surface area contributed by atoms with Gasteiger partial charge in [-0.3, -0.25) is 0 Å². The van der Waals surface area contributed by atoms with E-state index in [1.165, 1.54) is 19.1 Å². The normalized spacial score (nSPS) is 33.5. The van der Waals surface area contributed by atoms with Crippen LogP contribution >= 0.6 is 0 Å². The van der Waals surface area contributed by atoms with E-state index in [9.17, 15) is 8.42 Å². The Hall–Kier alpha value is -0.130. The van der Waals surface area contributed by atoms with E-state index >= 15 is 0 Å². The fraction of sp³-hybridized carbons (Fsp3) is 1.00. The average molecular weight is 232 g/mol. The molecule has 5 heteroatoms. The molecule has 1 saturated carbocycles. The van der Waals surface area contributed by atoms with Crippen molar-refractivity contribution in [2.75, 3.05) is 31.6 Å². The van der Waals surface area contributed by atoms with Gasteiger partial charge in [-0.25, -0.2) is 8.42 Å². The van der Waals surface area contributed by atoms with Gasteiger partial charge in [0, 0.05) is 31.9 Å². The highest BCUT2D eigenvalue weighted by molar-refractivity contribution is 7.90. The summed E-state index contributed by atoms with van der Waals surface area (Å²) in [6, 6.07) is 0.261. The van der Waals surface area contributed by atoms with Crippen LogP contribution in [0.25, 0.3) is 0 Å². The Labute approximate surface area is 91.7 Å². The molecule has 15 heavy (non-hydrogen) atoms. The second-order valence-corrected chi connectivity index (χ2v) is 7.31. The van der Waals surface area contributed by atoms with Gasteiger partial charge in [-0.15, -0.1) is 0 Å². The molecule has 0 aromatic carbocycles. The van der Waals surface area contributed by atoms with Crippen LogP contribution < -0.4 is 5.73 Å². The van der Waals surface area contributed by atoms with Gasteiger partial charge in [0.2, 0.25) is 0 Å². The van der Waals surface area contributed by atoms with Gasteiger partial charge in [-0.2, -0.15) is 0 Å². The van der Waals surface area contributed by atoms with E-state index < -0.39 is 9.84 Å². The Kier molecular flexibility index (Phi) is 3.05. The predicted octanol–water partition coefficient (Wildman–Crippen LogP) is -0.300. The maximum atomic E-state index is 11.0. The largest absolute Gasteiger partial charge is 0.326 e. The van der Waals surface area contributed by atoms with Gasteiger partial charge >= 0.3 is 0 Å². The number of rotatable bonds is 4. The topological polar surface area (TPSA) is 63.4 Å². The van der Waals surface area contributed by atoms with E-state index in [0.29, 0.717) is 12.5 Å². The standard InChI is InChI=1S/C10H20N2O2S/c1-15(13,14)5-4-12-6-9(8-2-3-8)10(11)7-12/h8-10H,2-7,11H2,1H3/t9-,10+/m1/s1. The quantitative estimate of drug-likeness (QED) is 0.723. The molecular formula is C10H20N2O2S. The Morgan fingerprint density at radius 2 is 2.00 bits per heavy atom. The summed E-state index contributed by atoms with van der Waals surface area (Å²) in [7, 11) is -2.83. The van der Waals surface area contributed by atoms with Crippen LogP contribution in [0, 0.1) is 11.8 Å². The van der Waals surface area contributed by atoms with Gasteiger partial charge in [-0.05, 0) is 24.7 Å². The lowest BCUT2D eigenvalue weighted by atomic mass is 9.99. The molecule has 1 saturated heterocycles. The molecule has 88 valence electrons. The molecular weight excluding hydrogens is 212 g/mol. The van der Waals surface area contributed by atoms with Crippen LogP contribution in [0.1, 0.15) is 12.8 Å². The summed E-state index contributed by atoms with van der Waals surface area (Å²) in [5.74, 6) is 1.70. The van der Waals surface area contributed by atoms with E-state index in [1.54, 1.807) is 0 Å². The molecule has 4 nitrogen and oxygen atoms in total. The molecule has 0 aromatic rings. The van der Waals surface area contributed by atoms with Crippen LogP contribution in [-0.4, -0.2) is 51.0 Å². The molecule has 2 N–H and O–H groups in total. The van der Waals surface area contributed by atoms with Crippen LogP contribution in [0.2, 0.25) is 0 Å². The highest BCUT2D eigenvalue weighted by atomic mass is 32.2. The van der Waals surface area contributed by atoms with Crippen molar-refractivity contribution >= 4 is 9.84 Å². The van der Waals surface area contributed by atoms with Crippen molar-refractivity contribution in [1.82, 2.24) is 4.90 Å². The summed E-state index contributed by atoms with van der Waals surface area (Å²) < 4.78 is 22.1. The lowest BCUT2D eigenvalue weighted by Gasteiger charge is -2.14. The first-order valence-corrected chi connectivity index (χ1v) is 7.67. The van der Waals surface area contributed by atoms with Gasteiger partial charge in [0.05, 0.1) is 5.75 Å². The lowest BCUT2D eigenvalue weighted by Crippen LogP contribution is -2.31. The van der Waals surface area contributed by atoms with Crippen LogP contribution in [0.5, 0.6) is 0 Å². The van der Waals surface area contributed by atoms with Crippen molar-refractivity contribution in [3.8, 4) is 0 Å². The molecule has 1 heterocycles. The molecule has 1 aliphatic carbocycles. The van der Waals surface area contributed by atoms with E-state index in [0.717, 1.165) is 19.0 Å². The number of likely N-dealkylation sites (tertiary alicyclic amines) is 1. The van der Waals surface area contributed by atoms with Gasteiger partial charge in [0.15, 0.2) is 0 Å². The predicted molar refractivity (Wildman–Crippen MR) is 60.3 cm³/mol. The number of sulfone groups is 1. The summed E-state index contributed by atoms with van der Waals surface area (Å²) >= 11 is 0. The summed E-state index contributed by atoms with van der Waals surface area (Å²) in [5.41, 5.74) is 6.06. The molecule has 1 aliphatic heterocycles. The Morgan fingerprint density at radius 3 is 2.53 bits per heavy atom. The first kappa shape index (κ1) is 11.4. The van der Waals surface area contributed by atoms with Gasteiger partial charge in [0.25, 0.3) is 0 Å². The van der Waals surface area contributed by atoms with E-state index in [4.69, 9.17) is 5.73 Å². The molecule has 0 bridgehead atoms. The maximum Gasteiger partial charge on any atom is 0.148 e. The summed E-state index contributed by atoms with van der Waals surface area (Å²) in [4.78, 5) is 2.20. The fourth-order valence-corrected chi connectivity index (χ4v) is 3.03. The first-order valence-electron chi connectivity index (χ1n) is 5.61. The summed E-state index contributed by atoms with van der Waals surface area (Å²) in [5, 5.41) is 0. The zero-order valence-electron chi connectivity index (χ0n) is 9.22. The minimum absolute atomic E-state index is 0.261. The molecule has 0 spiro atoms. The third-order valence-electron chi connectivity index (χ3n) is 3.49. The third kappa shape index (κ3) is 3.16. The van der Waals surface area contributed by atoms with Gasteiger partial charge < -0.3 is 10.6 Å². The molecule has 0 unspecified atom stereocenters. The third-order valence-corrected chi connectivity index (χ3v) is 4.42. The molecule has 0 amide bonds. The zero-order valence-corrected chi connectivity index (χ0v) is 10.0. The van der Waals surface area contributed by atoms with Crippen LogP contribution in [0.15, 0.2) is 0 Å². The summed E-state index contributed by atoms with van der Waals surface area (Å²) in [6.45, 7) is 2.52. The van der Waals surface area contributed by atoms with Crippen molar-refractivity contribution in [3.63, 3.8) is 0 Å². The molecule has 0 aromatic heterocycles. The minimum Gasteiger partial charge on any atom is -0.326 e. The Balaban J connectivity index is 1.81. The molecule has 2 rings (SSSR count). The van der Waals surface area contributed by atoms with Crippen molar-refractivity contribution in [3.05, 3.63) is 0 Å². The zero-order chi connectivity index (χ0) is 11.1. The number of hydrogen-bond donors (Lipinski definition) is 1. The number of hydrogen-bond acceptors (Lipinski definition) is 4. The Morgan fingerprint density at radius 1 is 1.33 bits per heavy atom. The van der Waals surface area contributed by atoms with Crippen LogP contribution in [0.4, 0.5) is 0 Å². The van der Waals surface area contributed by atoms with E-state index in [2.05, 4.69) is 4.90 Å². The van der Waals surface area contributed by atoms with Crippen LogP contribution in [-0.2, 0) is 9.84 Å². The van der Waals surface area contributed by atoms with Gasteiger partial charge in [-0.1, -0.05) is 0 Å². The second-order valence-electron chi connectivity index (χ2n) is 5.05. The number of nitrogens with zero attached hydrogens (tertiary/aromatic N) is 1. The monoisotopic (exact) mass is 232 g/mol. The van der Waals surface area contributed by atoms with E-state index in [-0.39, 0.29) is 11.8 Å². The van der Waals surface area contributed by atoms with Crippen LogP contribution in [0.3, 0.4) is 0 Å².